The Kier molecular flexibility index (Phi) is 4.99. The predicted octanol–water partition coefficient (Wildman–Crippen LogP) is 2.33. The summed E-state index contributed by atoms with van der Waals surface area (Å²) in [6.07, 6.45) is -0.127. The van der Waals surface area contributed by atoms with E-state index in [0.29, 0.717) is 12.2 Å². The number of aryl methyl sites for hydroxylation is 2. The topological polar surface area (TPSA) is 59.3 Å². The van der Waals surface area contributed by atoms with Gasteiger partial charge in [0.1, 0.15) is 11.9 Å². The summed E-state index contributed by atoms with van der Waals surface area (Å²) in [6.45, 7) is 4.95. The van der Waals surface area contributed by atoms with Gasteiger partial charge in [0.2, 0.25) is 0 Å². The second-order valence-electron chi connectivity index (χ2n) is 6.34. The van der Waals surface area contributed by atoms with Gasteiger partial charge in [-0.1, -0.05) is 18.2 Å². The van der Waals surface area contributed by atoms with E-state index >= 15 is 0 Å². The van der Waals surface area contributed by atoms with Crippen molar-refractivity contribution < 1.29 is 14.2 Å². The normalized spacial score (nSPS) is 22.0. The molecule has 5 nitrogen and oxygen atoms in total. The molecule has 0 spiro atoms. The summed E-state index contributed by atoms with van der Waals surface area (Å²) >= 11 is 0. The summed E-state index contributed by atoms with van der Waals surface area (Å²) < 4.78 is 21.5. The summed E-state index contributed by atoms with van der Waals surface area (Å²) in [7, 11) is 1.92. The van der Waals surface area contributed by atoms with Gasteiger partial charge >= 0.3 is 0 Å². The molecular formula is C18H24FN3O2. The summed E-state index contributed by atoms with van der Waals surface area (Å²) in [5.74, 6) is -0.384. The lowest BCUT2D eigenvalue weighted by molar-refractivity contribution is 0.0922. The number of hydrogen-bond acceptors (Lipinski definition) is 4. The van der Waals surface area contributed by atoms with Crippen molar-refractivity contribution >= 4 is 0 Å². The molecule has 0 saturated carbocycles. The lowest BCUT2D eigenvalue weighted by atomic mass is 9.99. The third-order valence-electron chi connectivity index (χ3n) is 4.78. The zero-order chi connectivity index (χ0) is 17.3. The molecule has 24 heavy (non-hydrogen) atoms. The van der Waals surface area contributed by atoms with Crippen LogP contribution in [0, 0.1) is 19.7 Å². The Hall–Kier alpha value is -1.76. The van der Waals surface area contributed by atoms with Crippen LogP contribution in [0.2, 0.25) is 0 Å². The number of aliphatic hydroxyl groups is 1. The van der Waals surface area contributed by atoms with Gasteiger partial charge < -0.3 is 15.2 Å². The van der Waals surface area contributed by atoms with Gasteiger partial charge in [0.25, 0.3) is 0 Å². The van der Waals surface area contributed by atoms with Gasteiger partial charge in [-0.15, -0.1) is 0 Å². The lowest BCUT2D eigenvalue weighted by Crippen LogP contribution is -2.35. The highest BCUT2D eigenvalue weighted by Gasteiger charge is 2.33. The second kappa shape index (κ2) is 7.01. The van der Waals surface area contributed by atoms with Gasteiger partial charge in [0.05, 0.1) is 11.8 Å². The molecular weight excluding hydrogens is 309 g/mol. The van der Waals surface area contributed by atoms with E-state index < -0.39 is 6.10 Å². The fourth-order valence-corrected chi connectivity index (χ4v) is 3.40. The first-order valence-electron chi connectivity index (χ1n) is 8.26. The molecule has 130 valence electrons. The van der Waals surface area contributed by atoms with Gasteiger partial charge in [-0.3, -0.25) is 4.68 Å². The Balaban J connectivity index is 1.70. The molecule has 1 aliphatic heterocycles. The maximum Gasteiger partial charge on any atom is 0.129 e. The Labute approximate surface area is 141 Å². The molecule has 0 aliphatic carbocycles. The molecule has 3 rings (SSSR count). The van der Waals surface area contributed by atoms with Crippen molar-refractivity contribution in [2.45, 2.75) is 38.5 Å². The van der Waals surface area contributed by atoms with E-state index in [1.54, 1.807) is 18.2 Å². The third kappa shape index (κ3) is 3.22. The van der Waals surface area contributed by atoms with Crippen LogP contribution in [0.3, 0.4) is 0 Å². The number of ether oxygens (including phenoxy) is 1. The van der Waals surface area contributed by atoms with Crippen LogP contribution in [0.5, 0.6) is 0 Å². The van der Waals surface area contributed by atoms with E-state index in [9.17, 15) is 9.50 Å². The van der Waals surface area contributed by atoms with Gasteiger partial charge in [-0.05, 0) is 26.3 Å². The minimum Gasteiger partial charge on any atom is -0.387 e. The number of hydrogen-bond donors (Lipinski definition) is 2. The van der Waals surface area contributed by atoms with Gasteiger partial charge in [0, 0.05) is 43.1 Å². The zero-order valence-electron chi connectivity index (χ0n) is 14.3. The quantitative estimate of drug-likeness (QED) is 0.882. The number of nitrogens with one attached hydrogen (secondary N) is 1. The number of nitrogens with zero attached hydrogens (tertiary/aromatic N) is 2. The largest absolute Gasteiger partial charge is 0.387 e. The molecule has 3 atom stereocenters. The summed E-state index contributed by atoms with van der Waals surface area (Å²) in [5, 5.41) is 18.1. The molecule has 2 heterocycles. The van der Waals surface area contributed by atoms with Gasteiger partial charge in [0.15, 0.2) is 0 Å². The Morgan fingerprint density at radius 2 is 2.17 bits per heavy atom. The summed E-state index contributed by atoms with van der Waals surface area (Å²) in [6, 6.07) is 6.40. The minimum absolute atomic E-state index is 0.0769. The number of benzene rings is 1. The van der Waals surface area contributed by atoms with E-state index in [2.05, 4.69) is 10.4 Å². The highest BCUT2D eigenvalue weighted by atomic mass is 19.1. The molecule has 2 aromatic rings. The van der Waals surface area contributed by atoms with Crippen molar-refractivity contribution in [3.63, 3.8) is 0 Å². The van der Waals surface area contributed by atoms with Gasteiger partial charge in [-0.25, -0.2) is 4.39 Å². The number of aliphatic hydroxyl groups excluding tert-OH is 1. The van der Waals surface area contributed by atoms with E-state index in [1.165, 1.54) is 6.07 Å². The SMILES string of the molecule is Cc1nn(C)c(C)c1[C@H]1OCC[C@@H]1NCC(O)c1ccccc1F. The highest BCUT2D eigenvalue weighted by Crippen LogP contribution is 2.33. The molecule has 1 aliphatic rings. The van der Waals surface area contributed by atoms with E-state index in [-0.39, 0.29) is 24.5 Å². The smallest absolute Gasteiger partial charge is 0.129 e. The fourth-order valence-electron chi connectivity index (χ4n) is 3.40. The summed E-state index contributed by atoms with van der Waals surface area (Å²) in [5.41, 5.74) is 3.46. The maximum atomic E-state index is 13.8. The van der Waals surface area contributed by atoms with Crippen LogP contribution in [0.25, 0.3) is 0 Å². The van der Waals surface area contributed by atoms with Crippen LogP contribution in [-0.4, -0.2) is 34.1 Å². The highest BCUT2D eigenvalue weighted by molar-refractivity contribution is 5.29. The average Bonchev–Trinajstić information content (AvgIpc) is 3.10. The summed E-state index contributed by atoms with van der Waals surface area (Å²) in [4.78, 5) is 0. The van der Waals surface area contributed by atoms with Crippen molar-refractivity contribution in [1.82, 2.24) is 15.1 Å². The van der Waals surface area contributed by atoms with Crippen molar-refractivity contribution in [2.75, 3.05) is 13.2 Å². The molecule has 2 N–H and O–H groups in total. The number of rotatable bonds is 5. The van der Waals surface area contributed by atoms with Crippen LogP contribution >= 0.6 is 0 Å². The second-order valence-corrected chi connectivity index (χ2v) is 6.34. The fraction of sp³-hybridized carbons (Fsp3) is 0.500. The van der Waals surface area contributed by atoms with Gasteiger partial charge in [-0.2, -0.15) is 5.10 Å². The monoisotopic (exact) mass is 333 g/mol. The Bertz CT molecular complexity index is 716. The molecule has 1 fully saturated rings. The zero-order valence-corrected chi connectivity index (χ0v) is 14.3. The Morgan fingerprint density at radius 1 is 1.42 bits per heavy atom. The van der Waals surface area contributed by atoms with Crippen molar-refractivity contribution in [3.8, 4) is 0 Å². The van der Waals surface area contributed by atoms with Crippen LogP contribution in [0.4, 0.5) is 4.39 Å². The molecule has 1 saturated heterocycles. The molecule has 0 amide bonds. The number of halogens is 1. The van der Waals surface area contributed by atoms with Crippen molar-refractivity contribution in [1.29, 1.82) is 0 Å². The molecule has 1 unspecified atom stereocenters. The number of aromatic nitrogens is 2. The van der Waals surface area contributed by atoms with Crippen LogP contribution in [0.15, 0.2) is 24.3 Å². The first-order chi connectivity index (χ1) is 11.5. The van der Waals surface area contributed by atoms with Crippen molar-refractivity contribution in [2.24, 2.45) is 7.05 Å². The van der Waals surface area contributed by atoms with E-state index in [1.807, 2.05) is 25.6 Å². The molecule has 1 aromatic heterocycles. The minimum atomic E-state index is -0.886. The molecule has 6 heteroatoms. The third-order valence-corrected chi connectivity index (χ3v) is 4.78. The molecule has 0 radical (unpaired) electrons. The Morgan fingerprint density at radius 3 is 2.83 bits per heavy atom. The first-order valence-corrected chi connectivity index (χ1v) is 8.26. The maximum absolute atomic E-state index is 13.8. The van der Waals surface area contributed by atoms with Crippen LogP contribution in [-0.2, 0) is 11.8 Å². The predicted molar refractivity (Wildman–Crippen MR) is 89.1 cm³/mol. The molecule has 0 bridgehead atoms. The molecule has 1 aromatic carbocycles. The van der Waals surface area contributed by atoms with Crippen LogP contribution < -0.4 is 5.32 Å². The lowest BCUT2D eigenvalue weighted by Gasteiger charge is -2.22. The first kappa shape index (κ1) is 17.1. The standard InChI is InChI=1S/C18H24FN3O2/c1-11-17(12(2)22(3)21-11)18-15(8-9-24-18)20-10-16(23)13-6-4-5-7-14(13)19/h4-7,15-16,18,20,23H,8-10H2,1-3H3/t15-,16?,18-/m0/s1. The van der Waals surface area contributed by atoms with E-state index in [0.717, 1.165) is 23.4 Å². The van der Waals surface area contributed by atoms with E-state index in [4.69, 9.17) is 4.74 Å². The van der Waals surface area contributed by atoms with Crippen LogP contribution in [0.1, 0.15) is 41.1 Å². The van der Waals surface area contributed by atoms with Crippen molar-refractivity contribution in [3.05, 3.63) is 52.6 Å². The average molecular weight is 333 g/mol.